The highest BCUT2D eigenvalue weighted by molar-refractivity contribution is 6.02. The molecule has 2 heterocycles. The molecule has 2 aliphatic rings. The van der Waals surface area contributed by atoms with Gasteiger partial charge < -0.3 is 10.6 Å². The molecule has 2 N–H and O–H groups in total. The molecule has 0 radical (unpaired) electrons. The van der Waals surface area contributed by atoms with Gasteiger partial charge in [-0.1, -0.05) is 31.4 Å². The van der Waals surface area contributed by atoms with Gasteiger partial charge in [-0.3, -0.25) is 19.5 Å². The first-order chi connectivity index (χ1) is 16.0. The van der Waals surface area contributed by atoms with E-state index in [1.807, 2.05) is 25.1 Å². The molecule has 0 spiro atoms. The molecular weight excluding hydrogens is 414 g/mol. The number of hydrogen-bond acceptors (Lipinski definition) is 5. The lowest BCUT2D eigenvalue weighted by atomic mass is 9.91. The number of carbonyl (C=O) groups is 2. The maximum absolute atomic E-state index is 12.7. The minimum absolute atomic E-state index is 0.122. The van der Waals surface area contributed by atoms with Crippen LogP contribution in [0, 0.1) is 12.8 Å². The van der Waals surface area contributed by atoms with E-state index < -0.39 is 0 Å². The van der Waals surface area contributed by atoms with Crippen molar-refractivity contribution >= 4 is 17.5 Å². The van der Waals surface area contributed by atoms with Crippen LogP contribution >= 0.6 is 0 Å². The molecule has 4 rings (SSSR count). The van der Waals surface area contributed by atoms with Crippen LogP contribution < -0.4 is 10.6 Å². The van der Waals surface area contributed by atoms with Crippen molar-refractivity contribution < 1.29 is 9.59 Å². The predicted molar refractivity (Wildman–Crippen MR) is 129 cm³/mol. The molecular formula is C26H35N5O2. The molecule has 1 aliphatic heterocycles. The normalized spacial score (nSPS) is 19.1. The second-order valence-electron chi connectivity index (χ2n) is 9.45. The monoisotopic (exact) mass is 449 g/mol. The van der Waals surface area contributed by atoms with E-state index in [-0.39, 0.29) is 23.8 Å². The van der Waals surface area contributed by atoms with Crippen LogP contribution in [0.3, 0.4) is 0 Å². The van der Waals surface area contributed by atoms with Crippen molar-refractivity contribution in [2.75, 3.05) is 18.4 Å². The summed E-state index contributed by atoms with van der Waals surface area (Å²) in [7, 11) is 0. The van der Waals surface area contributed by atoms with E-state index in [2.05, 4.69) is 38.5 Å². The van der Waals surface area contributed by atoms with Crippen LogP contribution in [0.25, 0.3) is 0 Å². The Morgan fingerprint density at radius 2 is 1.79 bits per heavy atom. The summed E-state index contributed by atoms with van der Waals surface area (Å²) in [5.41, 5.74) is 2.96. The summed E-state index contributed by atoms with van der Waals surface area (Å²) in [6, 6.07) is 8.56. The van der Waals surface area contributed by atoms with Crippen molar-refractivity contribution in [3.8, 4) is 0 Å². The van der Waals surface area contributed by atoms with E-state index in [0.29, 0.717) is 11.7 Å². The van der Waals surface area contributed by atoms with Crippen LogP contribution in [0.4, 0.5) is 5.69 Å². The number of aryl methyl sites for hydroxylation is 1. The fourth-order valence-corrected chi connectivity index (χ4v) is 4.91. The zero-order chi connectivity index (χ0) is 23.2. The fourth-order valence-electron chi connectivity index (χ4n) is 4.91. The van der Waals surface area contributed by atoms with Crippen LogP contribution in [-0.2, 0) is 4.79 Å². The molecule has 1 saturated heterocycles. The lowest BCUT2D eigenvalue weighted by Crippen LogP contribution is -2.44. The Balaban J connectivity index is 1.30. The number of hydrogen-bond donors (Lipinski definition) is 2. The molecule has 2 amide bonds. The van der Waals surface area contributed by atoms with Gasteiger partial charge in [0, 0.05) is 29.9 Å². The van der Waals surface area contributed by atoms with Gasteiger partial charge in [0.25, 0.3) is 5.91 Å². The zero-order valence-corrected chi connectivity index (χ0v) is 19.7. The minimum Gasteiger partial charge on any atom is -0.353 e. The third kappa shape index (κ3) is 6.16. The maximum atomic E-state index is 12.7. The highest BCUT2D eigenvalue weighted by atomic mass is 16.2. The summed E-state index contributed by atoms with van der Waals surface area (Å²) in [6.45, 7) is 5.83. The van der Waals surface area contributed by atoms with Gasteiger partial charge in [0.15, 0.2) is 0 Å². The molecule has 1 saturated carbocycles. The van der Waals surface area contributed by atoms with Gasteiger partial charge in [0.2, 0.25) is 5.91 Å². The van der Waals surface area contributed by atoms with E-state index >= 15 is 0 Å². The molecule has 1 unspecified atom stereocenters. The summed E-state index contributed by atoms with van der Waals surface area (Å²) in [5.74, 6) is 0.104. The van der Waals surface area contributed by atoms with Gasteiger partial charge in [-0.25, -0.2) is 4.98 Å². The Hall–Kier alpha value is -2.80. The molecule has 2 aromatic rings. The summed E-state index contributed by atoms with van der Waals surface area (Å²) in [6.07, 6.45) is 10.9. The fraction of sp³-hybridized carbons (Fsp3) is 0.538. The van der Waals surface area contributed by atoms with Gasteiger partial charge >= 0.3 is 0 Å². The summed E-state index contributed by atoms with van der Waals surface area (Å²) in [4.78, 5) is 35.9. The van der Waals surface area contributed by atoms with Crippen LogP contribution in [-0.4, -0.2) is 45.8 Å². The Labute approximate surface area is 196 Å². The number of anilines is 1. The topological polar surface area (TPSA) is 87.2 Å². The maximum Gasteiger partial charge on any atom is 0.275 e. The second kappa shape index (κ2) is 10.9. The smallest absolute Gasteiger partial charge is 0.275 e. The minimum atomic E-state index is -0.267. The zero-order valence-electron chi connectivity index (χ0n) is 19.7. The van der Waals surface area contributed by atoms with Gasteiger partial charge in [-0.2, -0.15) is 0 Å². The lowest BCUT2D eigenvalue weighted by Gasteiger charge is -2.36. The quantitative estimate of drug-likeness (QED) is 0.688. The summed E-state index contributed by atoms with van der Waals surface area (Å²) in [5, 5.41) is 6.22. The molecule has 1 aromatic carbocycles. The number of benzene rings is 1. The van der Waals surface area contributed by atoms with E-state index in [4.69, 9.17) is 0 Å². The number of nitrogens with one attached hydrogen (secondary N) is 2. The van der Waals surface area contributed by atoms with Crippen molar-refractivity contribution in [3.63, 3.8) is 0 Å². The average molecular weight is 450 g/mol. The van der Waals surface area contributed by atoms with E-state index in [0.717, 1.165) is 55.7 Å². The molecule has 176 valence electrons. The van der Waals surface area contributed by atoms with Crippen molar-refractivity contribution in [2.24, 2.45) is 5.92 Å². The standard InChI is InChI=1S/C26H35N5O2/c1-18-16-28-24(17-27-18)26(33)30-23-10-6-7-21(15-23)19(2)31-13-11-20(12-14-31)25(32)29-22-8-4-3-5-9-22/h6-7,10,15-17,19-20,22H,3-5,8-9,11-14H2,1-2H3,(H,29,32)(H,30,33). The van der Waals surface area contributed by atoms with Gasteiger partial charge in [-0.15, -0.1) is 0 Å². The van der Waals surface area contributed by atoms with Crippen LogP contribution in [0.15, 0.2) is 36.7 Å². The molecule has 2 fully saturated rings. The number of aromatic nitrogens is 2. The summed E-state index contributed by atoms with van der Waals surface area (Å²) >= 11 is 0. The molecule has 1 aliphatic carbocycles. The third-order valence-corrected chi connectivity index (χ3v) is 7.04. The Bertz CT molecular complexity index is 947. The number of likely N-dealkylation sites (tertiary alicyclic amines) is 1. The number of piperidine rings is 1. The first-order valence-corrected chi connectivity index (χ1v) is 12.2. The predicted octanol–water partition coefficient (Wildman–Crippen LogP) is 4.26. The molecule has 0 bridgehead atoms. The lowest BCUT2D eigenvalue weighted by molar-refractivity contribution is -0.127. The highest BCUT2D eigenvalue weighted by Gasteiger charge is 2.29. The van der Waals surface area contributed by atoms with E-state index in [1.54, 1.807) is 6.20 Å². The highest BCUT2D eigenvalue weighted by Crippen LogP contribution is 2.28. The first-order valence-electron chi connectivity index (χ1n) is 12.2. The van der Waals surface area contributed by atoms with Gasteiger partial charge in [-0.05, 0) is 70.3 Å². The SMILES string of the molecule is Cc1cnc(C(=O)Nc2cccc(C(C)N3CCC(C(=O)NC4CCCCC4)CC3)c2)cn1. The summed E-state index contributed by atoms with van der Waals surface area (Å²) < 4.78 is 0. The second-order valence-corrected chi connectivity index (χ2v) is 9.45. The Morgan fingerprint density at radius 3 is 2.48 bits per heavy atom. The van der Waals surface area contributed by atoms with Gasteiger partial charge in [0.1, 0.15) is 5.69 Å². The van der Waals surface area contributed by atoms with Crippen molar-refractivity contribution in [1.82, 2.24) is 20.2 Å². The van der Waals surface area contributed by atoms with Crippen molar-refractivity contribution in [2.45, 2.75) is 70.9 Å². The van der Waals surface area contributed by atoms with Crippen LogP contribution in [0.1, 0.15) is 79.7 Å². The molecule has 33 heavy (non-hydrogen) atoms. The van der Waals surface area contributed by atoms with Crippen LogP contribution in [0.2, 0.25) is 0 Å². The number of carbonyl (C=O) groups excluding carboxylic acids is 2. The Kier molecular flexibility index (Phi) is 7.70. The largest absolute Gasteiger partial charge is 0.353 e. The first kappa shape index (κ1) is 23.4. The van der Waals surface area contributed by atoms with E-state index in [9.17, 15) is 9.59 Å². The third-order valence-electron chi connectivity index (χ3n) is 7.04. The van der Waals surface area contributed by atoms with Crippen LogP contribution in [0.5, 0.6) is 0 Å². The average Bonchev–Trinajstić information content (AvgIpc) is 2.85. The van der Waals surface area contributed by atoms with Gasteiger partial charge in [0.05, 0.1) is 11.9 Å². The number of nitrogens with zero attached hydrogens (tertiary/aromatic N) is 3. The molecule has 1 atom stereocenters. The number of rotatable bonds is 6. The molecule has 1 aromatic heterocycles. The molecule has 7 heteroatoms. The van der Waals surface area contributed by atoms with E-state index in [1.165, 1.54) is 25.5 Å². The van der Waals surface area contributed by atoms with Crippen molar-refractivity contribution in [3.05, 3.63) is 53.6 Å². The van der Waals surface area contributed by atoms with Crippen molar-refractivity contribution in [1.29, 1.82) is 0 Å². The molecule has 7 nitrogen and oxygen atoms in total. The number of amides is 2. The Morgan fingerprint density at radius 1 is 1.03 bits per heavy atom.